The predicted octanol–water partition coefficient (Wildman–Crippen LogP) is 2.48. The molecule has 104 valence electrons. The lowest BCUT2D eigenvalue weighted by Crippen LogP contribution is -2.34. The van der Waals surface area contributed by atoms with Crippen LogP contribution in [-0.2, 0) is 0 Å². The van der Waals surface area contributed by atoms with Crippen LogP contribution in [0, 0.1) is 45.3 Å². The summed E-state index contributed by atoms with van der Waals surface area (Å²) in [6.45, 7) is 0.147. The Kier molecular flexibility index (Phi) is 3.28. The molecular weight excluding hydrogens is 288 g/mol. The number of rotatable bonds is 1. The Hall–Kier alpha value is -2.51. The van der Waals surface area contributed by atoms with Gasteiger partial charge in [-0.3, -0.25) is 10.8 Å². The van der Waals surface area contributed by atoms with E-state index in [9.17, 15) is 10.5 Å². The lowest BCUT2D eigenvalue weighted by Gasteiger charge is -2.31. The van der Waals surface area contributed by atoms with Crippen molar-refractivity contribution in [3.05, 3.63) is 23.8 Å². The molecule has 0 aromatic heterocycles. The van der Waals surface area contributed by atoms with Gasteiger partial charge in [0.2, 0.25) is 6.79 Å². The van der Waals surface area contributed by atoms with E-state index in [1.54, 1.807) is 18.2 Å². The minimum atomic E-state index is -0.728. The van der Waals surface area contributed by atoms with E-state index in [-0.39, 0.29) is 16.9 Å². The molecule has 0 amide bonds. The van der Waals surface area contributed by atoms with Gasteiger partial charge < -0.3 is 9.47 Å². The quantitative estimate of drug-likeness (QED) is 0.826. The van der Waals surface area contributed by atoms with E-state index in [0.29, 0.717) is 17.1 Å². The number of benzene rings is 1. The van der Waals surface area contributed by atoms with Crippen LogP contribution in [0.4, 0.5) is 0 Å². The van der Waals surface area contributed by atoms with Crippen molar-refractivity contribution in [2.24, 2.45) is 11.8 Å². The third-order valence-electron chi connectivity index (χ3n) is 3.56. The number of hydrogen-bond donors (Lipinski definition) is 2. The van der Waals surface area contributed by atoms with Crippen molar-refractivity contribution in [1.82, 2.24) is 0 Å². The third kappa shape index (κ3) is 2.12. The first kappa shape index (κ1) is 13.5. The zero-order valence-corrected chi connectivity index (χ0v) is 11.6. The van der Waals surface area contributed by atoms with Gasteiger partial charge in [0.25, 0.3) is 0 Å². The van der Waals surface area contributed by atoms with Gasteiger partial charge in [-0.2, -0.15) is 10.5 Å². The molecule has 2 atom stereocenters. The monoisotopic (exact) mass is 298 g/mol. The van der Waals surface area contributed by atoms with E-state index in [2.05, 4.69) is 12.1 Å². The molecule has 1 aromatic carbocycles. The highest BCUT2D eigenvalue weighted by Crippen LogP contribution is 2.44. The van der Waals surface area contributed by atoms with E-state index >= 15 is 0 Å². The SMILES string of the molecule is N#CC1C(=N)SC(=N)C(C#N)C1c1ccc2c(c1)OCO2. The molecule has 2 aliphatic rings. The molecule has 6 nitrogen and oxygen atoms in total. The molecule has 1 saturated heterocycles. The Morgan fingerprint density at radius 1 is 1.05 bits per heavy atom. The van der Waals surface area contributed by atoms with Crippen molar-refractivity contribution in [3.8, 4) is 23.6 Å². The molecule has 2 heterocycles. The van der Waals surface area contributed by atoms with Gasteiger partial charge in [0, 0.05) is 5.92 Å². The Morgan fingerprint density at radius 2 is 1.67 bits per heavy atom. The Balaban J connectivity index is 2.07. The van der Waals surface area contributed by atoms with E-state index in [4.69, 9.17) is 20.3 Å². The minimum Gasteiger partial charge on any atom is -0.454 e. The van der Waals surface area contributed by atoms with Crippen LogP contribution >= 0.6 is 11.8 Å². The second kappa shape index (κ2) is 5.12. The van der Waals surface area contributed by atoms with Crippen molar-refractivity contribution in [1.29, 1.82) is 21.3 Å². The summed E-state index contributed by atoms with van der Waals surface area (Å²) < 4.78 is 10.6. The highest BCUT2D eigenvalue weighted by molar-refractivity contribution is 8.26. The van der Waals surface area contributed by atoms with E-state index in [1.807, 2.05) is 0 Å². The maximum absolute atomic E-state index is 9.35. The molecule has 7 heteroatoms. The van der Waals surface area contributed by atoms with Crippen molar-refractivity contribution in [2.75, 3.05) is 6.79 Å². The van der Waals surface area contributed by atoms with Gasteiger partial charge in [-0.25, -0.2) is 0 Å². The lowest BCUT2D eigenvalue weighted by molar-refractivity contribution is 0.174. The van der Waals surface area contributed by atoms with Crippen molar-refractivity contribution < 1.29 is 9.47 Å². The molecule has 3 rings (SSSR count). The number of thioether (sulfide) groups is 1. The van der Waals surface area contributed by atoms with Crippen LogP contribution in [0.5, 0.6) is 11.5 Å². The number of nitriles is 2. The number of hydrogen-bond acceptors (Lipinski definition) is 7. The van der Waals surface area contributed by atoms with Crippen molar-refractivity contribution >= 4 is 21.8 Å². The molecule has 2 aliphatic heterocycles. The second-order valence-corrected chi connectivity index (χ2v) is 5.77. The summed E-state index contributed by atoms with van der Waals surface area (Å²) in [6, 6.07) is 9.41. The number of nitrogens with zero attached hydrogens (tertiary/aromatic N) is 2. The first-order valence-corrected chi connectivity index (χ1v) is 7.01. The summed E-state index contributed by atoms with van der Waals surface area (Å²) in [4.78, 5) is 0. The Bertz CT molecular complexity index is 687. The highest BCUT2D eigenvalue weighted by atomic mass is 32.2. The first-order valence-electron chi connectivity index (χ1n) is 6.19. The fourth-order valence-electron chi connectivity index (χ4n) is 2.55. The lowest BCUT2D eigenvalue weighted by atomic mass is 9.78. The maximum atomic E-state index is 9.35. The van der Waals surface area contributed by atoms with Crippen LogP contribution in [0.3, 0.4) is 0 Å². The Labute approximate surface area is 125 Å². The van der Waals surface area contributed by atoms with Gasteiger partial charge >= 0.3 is 0 Å². The van der Waals surface area contributed by atoms with Gasteiger partial charge in [-0.15, -0.1) is 0 Å². The molecule has 2 unspecified atom stereocenters. The first-order chi connectivity index (χ1) is 10.2. The van der Waals surface area contributed by atoms with Gasteiger partial charge in [0.15, 0.2) is 11.5 Å². The van der Waals surface area contributed by atoms with Crippen molar-refractivity contribution in [2.45, 2.75) is 5.92 Å². The standard InChI is InChI=1S/C14H10N4O2S/c15-4-8-12(9(5-16)14(18)21-13(8)17)7-1-2-10-11(3-7)20-6-19-10/h1-3,8-9,12,17-18H,6H2. The topological polar surface area (TPSA) is 114 Å². The van der Waals surface area contributed by atoms with Gasteiger partial charge in [-0.05, 0) is 17.7 Å². The van der Waals surface area contributed by atoms with Crippen LogP contribution in [0.1, 0.15) is 11.5 Å². The molecule has 0 radical (unpaired) electrons. The molecular formula is C14H10N4O2S. The van der Waals surface area contributed by atoms with Gasteiger partial charge in [0.05, 0.1) is 22.2 Å². The van der Waals surface area contributed by atoms with Crippen LogP contribution in [0.15, 0.2) is 18.2 Å². The van der Waals surface area contributed by atoms with E-state index in [1.165, 1.54) is 0 Å². The molecule has 1 aromatic rings. The molecule has 0 saturated carbocycles. The van der Waals surface area contributed by atoms with Crippen LogP contribution in [0.2, 0.25) is 0 Å². The number of ether oxygens (including phenoxy) is 2. The summed E-state index contributed by atoms with van der Waals surface area (Å²) in [7, 11) is 0. The van der Waals surface area contributed by atoms with Crippen LogP contribution in [0.25, 0.3) is 0 Å². The molecule has 1 fully saturated rings. The van der Waals surface area contributed by atoms with Gasteiger partial charge in [0.1, 0.15) is 11.8 Å². The van der Waals surface area contributed by atoms with E-state index in [0.717, 1.165) is 11.8 Å². The summed E-state index contributed by atoms with van der Waals surface area (Å²) in [6.07, 6.45) is 0. The summed E-state index contributed by atoms with van der Waals surface area (Å²) in [5.41, 5.74) is 0.715. The summed E-state index contributed by atoms with van der Waals surface area (Å²) >= 11 is 0.896. The van der Waals surface area contributed by atoms with Crippen LogP contribution < -0.4 is 9.47 Å². The maximum Gasteiger partial charge on any atom is 0.231 e. The molecule has 0 bridgehead atoms. The summed E-state index contributed by atoms with van der Waals surface area (Å²) in [5.74, 6) is -0.799. The van der Waals surface area contributed by atoms with Crippen molar-refractivity contribution in [3.63, 3.8) is 0 Å². The molecule has 2 N–H and O–H groups in total. The zero-order valence-electron chi connectivity index (χ0n) is 10.8. The second-order valence-electron chi connectivity index (χ2n) is 4.68. The third-order valence-corrected chi connectivity index (χ3v) is 4.51. The number of nitrogens with one attached hydrogen (secondary N) is 2. The minimum absolute atomic E-state index is 0.108. The average molecular weight is 298 g/mol. The molecule has 0 spiro atoms. The average Bonchev–Trinajstić information content (AvgIpc) is 2.93. The number of fused-ring (bicyclic) bond motifs is 1. The fraction of sp³-hybridized carbons (Fsp3) is 0.286. The van der Waals surface area contributed by atoms with Gasteiger partial charge in [-0.1, -0.05) is 17.8 Å². The molecule has 21 heavy (non-hydrogen) atoms. The normalized spacial score (nSPS) is 27.0. The largest absolute Gasteiger partial charge is 0.454 e. The van der Waals surface area contributed by atoms with E-state index < -0.39 is 17.8 Å². The predicted molar refractivity (Wildman–Crippen MR) is 76.6 cm³/mol. The van der Waals surface area contributed by atoms with Crippen LogP contribution in [-0.4, -0.2) is 16.9 Å². The zero-order chi connectivity index (χ0) is 15.0. The highest BCUT2D eigenvalue weighted by Gasteiger charge is 2.42. The summed E-state index contributed by atoms with van der Waals surface area (Å²) in [5, 5.41) is 34.7. The smallest absolute Gasteiger partial charge is 0.231 e. The Morgan fingerprint density at radius 3 is 2.29 bits per heavy atom. The fourth-order valence-corrected chi connectivity index (χ4v) is 3.44. The molecule has 0 aliphatic carbocycles.